The minimum Gasteiger partial charge on any atom is -0.352 e. The minimum absolute atomic E-state index is 0.000948. The average molecular weight is 394 g/mol. The summed E-state index contributed by atoms with van der Waals surface area (Å²) in [6.45, 7) is 4.65. The van der Waals surface area contributed by atoms with Crippen LogP contribution in [0.1, 0.15) is 36.0 Å². The van der Waals surface area contributed by atoms with E-state index in [1.54, 1.807) is 17.3 Å². The predicted molar refractivity (Wildman–Crippen MR) is 110 cm³/mol. The summed E-state index contributed by atoms with van der Waals surface area (Å²) in [6, 6.07) is 9.26. The van der Waals surface area contributed by atoms with Gasteiger partial charge in [-0.15, -0.1) is 0 Å². The molecule has 1 aromatic carbocycles. The lowest BCUT2D eigenvalue weighted by molar-refractivity contribution is -0.135. The van der Waals surface area contributed by atoms with Crippen LogP contribution in [0.5, 0.6) is 0 Å². The van der Waals surface area contributed by atoms with Crippen LogP contribution < -0.4 is 10.6 Å². The van der Waals surface area contributed by atoms with E-state index in [0.29, 0.717) is 31.6 Å². The molecular formula is C22H26N4O3. The van der Waals surface area contributed by atoms with Crippen LogP contribution in [-0.4, -0.2) is 40.2 Å². The van der Waals surface area contributed by atoms with Gasteiger partial charge in [0.15, 0.2) is 0 Å². The Morgan fingerprint density at radius 3 is 2.66 bits per heavy atom. The van der Waals surface area contributed by atoms with Crippen molar-refractivity contribution in [2.45, 2.75) is 45.7 Å². The van der Waals surface area contributed by atoms with Gasteiger partial charge in [-0.05, 0) is 55.2 Å². The van der Waals surface area contributed by atoms with Gasteiger partial charge in [0.25, 0.3) is 0 Å². The Morgan fingerprint density at radius 1 is 1.21 bits per heavy atom. The molecule has 1 aromatic heterocycles. The number of aryl methyl sites for hydroxylation is 1. The Morgan fingerprint density at radius 2 is 1.97 bits per heavy atom. The van der Waals surface area contributed by atoms with Gasteiger partial charge in [-0.3, -0.25) is 19.4 Å². The summed E-state index contributed by atoms with van der Waals surface area (Å²) in [5.41, 5.74) is 3.69. The fourth-order valence-corrected chi connectivity index (χ4v) is 3.37. The molecule has 7 heteroatoms. The first-order valence-electron chi connectivity index (χ1n) is 9.74. The Labute approximate surface area is 170 Å². The van der Waals surface area contributed by atoms with Crippen molar-refractivity contribution in [1.29, 1.82) is 0 Å². The van der Waals surface area contributed by atoms with E-state index >= 15 is 0 Å². The summed E-state index contributed by atoms with van der Waals surface area (Å²) in [5, 5.41) is 5.72. The second-order valence-electron chi connectivity index (χ2n) is 7.41. The molecule has 0 spiro atoms. The lowest BCUT2D eigenvalue weighted by atomic mass is 10.1. The van der Waals surface area contributed by atoms with Gasteiger partial charge >= 0.3 is 0 Å². The Kier molecular flexibility index (Phi) is 6.59. The summed E-state index contributed by atoms with van der Waals surface area (Å²) in [4.78, 5) is 42.5. The Bertz CT molecular complexity index is 898. The summed E-state index contributed by atoms with van der Waals surface area (Å²) < 4.78 is 0. The van der Waals surface area contributed by atoms with E-state index < -0.39 is 0 Å². The molecular weight excluding hydrogens is 368 g/mol. The molecule has 1 fully saturated rings. The van der Waals surface area contributed by atoms with Crippen LogP contribution in [-0.2, 0) is 20.9 Å². The van der Waals surface area contributed by atoms with Gasteiger partial charge in [-0.25, -0.2) is 0 Å². The van der Waals surface area contributed by atoms with Crippen molar-refractivity contribution < 1.29 is 14.4 Å². The Balaban J connectivity index is 1.67. The summed E-state index contributed by atoms with van der Waals surface area (Å²) in [7, 11) is 0. The molecule has 1 unspecified atom stereocenters. The molecule has 0 radical (unpaired) electrons. The standard InChI is InChI=1S/C22H26N4O3/c1-15-4-3-5-19(16(15)2)25-21(28)12-22(29)26(13-17-8-10-23-11-9-17)14-18-6-7-20(27)24-18/h3-5,8-11,18H,6-7,12-14H2,1-2H3,(H,24,27)(H,25,28). The van der Waals surface area contributed by atoms with Gasteiger partial charge in [0, 0.05) is 43.6 Å². The highest BCUT2D eigenvalue weighted by Gasteiger charge is 2.26. The number of hydrogen-bond donors (Lipinski definition) is 2. The van der Waals surface area contributed by atoms with Crippen LogP contribution >= 0.6 is 0 Å². The van der Waals surface area contributed by atoms with Crippen LogP contribution in [0.15, 0.2) is 42.7 Å². The van der Waals surface area contributed by atoms with Crippen molar-refractivity contribution in [2.24, 2.45) is 0 Å². The smallest absolute Gasteiger partial charge is 0.233 e. The number of carbonyl (C=O) groups excluding carboxylic acids is 3. The van der Waals surface area contributed by atoms with Crippen molar-refractivity contribution in [3.8, 4) is 0 Å². The molecule has 0 aliphatic carbocycles. The molecule has 29 heavy (non-hydrogen) atoms. The fourth-order valence-electron chi connectivity index (χ4n) is 3.37. The van der Waals surface area contributed by atoms with Crippen LogP contribution in [0.2, 0.25) is 0 Å². The summed E-state index contributed by atoms with van der Waals surface area (Å²) in [5.74, 6) is -0.622. The third-order valence-corrected chi connectivity index (χ3v) is 5.19. The molecule has 2 heterocycles. The molecule has 1 aliphatic rings. The minimum atomic E-state index is -0.348. The highest BCUT2D eigenvalue weighted by atomic mass is 16.2. The molecule has 2 N–H and O–H groups in total. The zero-order valence-corrected chi connectivity index (χ0v) is 16.8. The number of hydrogen-bond acceptors (Lipinski definition) is 4. The number of rotatable bonds is 7. The van der Waals surface area contributed by atoms with E-state index in [4.69, 9.17) is 0 Å². The molecule has 1 aliphatic heterocycles. The fraction of sp³-hybridized carbons (Fsp3) is 0.364. The lowest BCUT2D eigenvalue weighted by Gasteiger charge is -2.26. The summed E-state index contributed by atoms with van der Waals surface area (Å²) >= 11 is 0. The zero-order chi connectivity index (χ0) is 20.8. The van der Waals surface area contributed by atoms with Crippen molar-refractivity contribution in [3.05, 3.63) is 59.4 Å². The van der Waals surface area contributed by atoms with E-state index in [2.05, 4.69) is 15.6 Å². The van der Waals surface area contributed by atoms with Gasteiger partial charge in [0.1, 0.15) is 6.42 Å². The first-order chi connectivity index (χ1) is 13.9. The largest absolute Gasteiger partial charge is 0.352 e. The van der Waals surface area contributed by atoms with Gasteiger partial charge in [0.05, 0.1) is 0 Å². The maximum absolute atomic E-state index is 12.9. The van der Waals surface area contributed by atoms with Crippen molar-refractivity contribution in [1.82, 2.24) is 15.2 Å². The number of nitrogens with zero attached hydrogens (tertiary/aromatic N) is 2. The molecule has 2 aromatic rings. The quantitative estimate of drug-likeness (QED) is 0.705. The number of aromatic nitrogens is 1. The zero-order valence-electron chi connectivity index (χ0n) is 16.8. The van der Waals surface area contributed by atoms with Gasteiger partial charge < -0.3 is 15.5 Å². The number of benzene rings is 1. The number of carbonyl (C=O) groups is 3. The van der Waals surface area contributed by atoms with E-state index in [1.807, 2.05) is 44.2 Å². The first-order valence-corrected chi connectivity index (χ1v) is 9.74. The van der Waals surface area contributed by atoms with E-state index in [-0.39, 0.29) is 30.2 Å². The van der Waals surface area contributed by atoms with Crippen molar-refractivity contribution >= 4 is 23.4 Å². The van der Waals surface area contributed by atoms with E-state index in [1.165, 1.54) is 0 Å². The molecule has 1 saturated heterocycles. The van der Waals surface area contributed by atoms with Crippen LogP contribution in [0, 0.1) is 13.8 Å². The average Bonchev–Trinajstić information content (AvgIpc) is 3.10. The summed E-state index contributed by atoms with van der Waals surface area (Å²) in [6.07, 6.45) is 4.24. The molecule has 0 bridgehead atoms. The number of anilines is 1. The molecule has 3 rings (SSSR count). The highest BCUT2D eigenvalue weighted by Crippen LogP contribution is 2.18. The van der Waals surface area contributed by atoms with Gasteiger partial charge in [-0.2, -0.15) is 0 Å². The second kappa shape index (κ2) is 9.32. The molecule has 7 nitrogen and oxygen atoms in total. The number of nitrogens with one attached hydrogen (secondary N) is 2. The van der Waals surface area contributed by atoms with E-state index in [0.717, 1.165) is 16.7 Å². The normalized spacial score (nSPS) is 15.7. The highest BCUT2D eigenvalue weighted by molar-refractivity contribution is 6.04. The topological polar surface area (TPSA) is 91.4 Å². The maximum atomic E-state index is 12.9. The second-order valence-corrected chi connectivity index (χ2v) is 7.41. The lowest BCUT2D eigenvalue weighted by Crippen LogP contribution is -2.42. The molecule has 1 atom stereocenters. The van der Waals surface area contributed by atoms with Gasteiger partial charge in [0.2, 0.25) is 17.7 Å². The molecule has 3 amide bonds. The maximum Gasteiger partial charge on any atom is 0.233 e. The first kappa shape index (κ1) is 20.5. The van der Waals surface area contributed by atoms with Gasteiger partial charge in [-0.1, -0.05) is 12.1 Å². The number of pyridine rings is 1. The Hall–Kier alpha value is -3.22. The number of amides is 3. The third-order valence-electron chi connectivity index (χ3n) is 5.19. The van der Waals surface area contributed by atoms with Crippen LogP contribution in [0.4, 0.5) is 5.69 Å². The predicted octanol–water partition coefficient (Wildman–Crippen LogP) is 2.33. The van der Waals surface area contributed by atoms with E-state index in [9.17, 15) is 14.4 Å². The third kappa shape index (κ3) is 5.63. The SMILES string of the molecule is Cc1cccc(NC(=O)CC(=O)N(Cc2ccncc2)CC2CCC(=O)N2)c1C. The molecule has 152 valence electrons. The monoisotopic (exact) mass is 394 g/mol. The van der Waals surface area contributed by atoms with Crippen LogP contribution in [0.25, 0.3) is 0 Å². The van der Waals surface area contributed by atoms with Crippen LogP contribution in [0.3, 0.4) is 0 Å². The van der Waals surface area contributed by atoms with Crippen molar-refractivity contribution in [3.63, 3.8) is 0 Å². The molecule has 0 saturated carbocycles. The van der Waals surface area contributed by atoms with Crippen molar-refractivity contribution in [2.75, 3.05) is 11.9 Å².